The van der Waals surface area contributed by atoms with Crippen LogP contribution >= 0.6 is 0 Å². The van der Waals surface area contributed by atoms with Gasteiger partial charge in [-0.3, -0.25) is 0 Å². The third-order valence-electron chi connectivity index (χ3n) is 12.2. The highest BCUT2D eigenvalue weighted by Crippen LogP contribution is 2.61. The summed E-state index contributed by atoms with van der Waals surface area (Å²) in [5.74, 6) is 6.03. The van der Waals surface area contributed by atoms with Gasteiger partial charge in [0.1, 0.15) is 6.29 Å². The van der Waals surface area contributed by atoms with Gasteiger partial charge < -0.3 is 15.4 Å². The maximum absolute atomic E-state index is 12.5. The molecule has 0 aromatic rings. The number of amides is 2. The predicted molar refractivity (Wildman–Crippen MR) is 165 cm³/mol. The molecule has 0 heterocycles. The van der Waals surface area contributed by atoms with E-state index < -0.39 is 0 Å². The molecule has 228 valence electrons. The fourth-order valence-corrected chi connectivity index (χ4v) is 11.3. The number of carbonyl (C=O) groups excluding carboxylic acids is 2. The van der Waals surface area contributed by atoms with E-state index in [-0.39, 0.29) is 11.6 Å². The number of nitrogens with one attached hydrogen (secondary N) is 2. The van der Waals surface area contributed by atoms with Crippen LogP contribution in [0.15, 0.2) is 0 Å². The lowest BCUT2D eigenvalue weighted by atomic mass is 9.48. The zero-order chi connectivity index (χ0) is 27.8. The lowest BCUT2D eigenvalue weighted by Crippen LogP contribution is -2.61. The predicted octanol–water partition coefficient (Wildman–Crippen LogP) is 9.36. The Kier molecular flexibility index (Phi) is 11.0. The van der Waals surface area contributed by atoms with Gasteiger partial charge in [0.15, 0.2) is 0 Å². The first-order valence-corrected chi connectivity index (χ1v) is 18.0. The Labute approximate surface area is 246 Å². The molecule has 0 aliphatic heterocycles. The van der Waals surface area contributed by atoms with Crippen LogP contribution in [0.2, 0.25) is 0 Å². The molecule has 8 rings (SSSR count). The Morgan fingerprint density at radius 2 is 1.07 bits per heavy atom. The number of unbranched alkanes of at least 4 members (excludes halogenated alkanes) is 9. The van der Waals surface area contributed by atoms with Gasteiger partial charge in [0.25, 0.3) is 0 Å². The van der Waals surface area contributed by atoms with Crippen LogP contribution in [-0.2, 0) is 4.79 Å². The molecule has 0 unspecified atom stereocenters. The summed E-state index contributed by atoms with van der Waals surface area (Å²) in [5.41, 5.74) is 0.947. The van der Waals surface area contributed by atoms with E-state index in [1.54, 1.807) is 44.9 Å². The summed E-state index contributed by atoms with van der Waals surface area (Å²) in [5, 5.41) is 6.63. The van der Waals surface area contributed by atoms with Gasteiger partial charge in [0.2, 0.25) is 0 Å². The van der Waals surface area contributed by atoms with E-state index in [9.17, 15) is 9.59 Å². The standard InChI is InChI=1S/C32H54N2O.C4H8O/c35-30(34-32-21-27-15-28(22-32)17-29(16-27)23-32)33-11-9-7-5-3-1-2-4-6-8-10-31-18-24-12-25(19-31)14-26(13-24)20-31;1-2-3-4-5/h24-29H,1-23H2,(H2,33,34,35);4H,2-3H2,1H3. The van der Waals surface area contributed by atoms with E-state index in [4.69, 9.17) is 0 Å². The van der Waals surface area contributed by atoms with Crippen LogP contribution in [0.3, 0.4) is 0 Å². The van der Waals surface area contributed by atoms with Crippen LogP contribution in [0.1, 0.15) is 161 Å². The van der Waals surface area contributed by atoms with Gasteiger partial charge in [-0.1, -0.05) is 58.3 Å². The highest BCUT2D eigenvalue weighted by molar-refractivity contribution is 5.74. The van der Waals surface area contributed by atoms with E-state index in [2.05, 4.69) is 10.6 Å². The second-order valence-corrected chi connectivity index (χ2v) is 15.9. The summed E-state index contributed by atoms with van der Waals surface area (Å²) >= 11 is 0. The molecule has 8 aliphatic rings. The lowest BCUT2D eigenvalue weighted by Gasteiger charge is -2.57. The van der Waals surface area contributed by atoms with Crippen molar-refractivity contribution in [1.82, 2.24) is 10.6 Å². The van der Waals surface area contributed by atoms with Gasteiger partial charge >= 0.3 is 6.03 Å². The van der Waals surface area contributed by atoms with E-state index >= 15 is 0 Å². The first kappa shape index (κ1) is 30.4. The van der Waals surface area contributed by atoms with Crippen LogP contribution in [0.25, 0.3) is 0 Å². The van der Waals surface area contributed by atoms with E-state index in [0.717, 1.165) is 66.6 Å². The van der Waals surface area contributed by atoms with Crippen LogP contribution in [0.5, 0.6) is 0 Å². The summed E-state index contributed by atoms with van der Waals surface area (Å²) in [6, 6.07) is 0.112. The van der Waals surface area contributed by atoms with Gasteiger partial charge in [-0.05, 0) is 137 Å². The first-order valence-electron chi connectivity index (χ1n) is 18.0. The number of urea groups is 1. The molecule has 4 heteroatoms. The Morgan fingerprint density at radius 3 is 1.50 bits per heavy atom. The van der Waals surface area contributed by atoms with Crippen molar-refractivity contribution in [3.05, 3.63) is 0 Å². The minimum atomic E-state index is 0.112. The van der Waals surface area contributed by atoms with Crippen LogP contribution in [-0.4, -0.2) is 24.4 Å². The van der Waals surface area contributed by atoms with Gasteiger partial charge in [0.05, 0.1) is 0 Å². The van der Waals surface area contributed by atoms with Crippen LogP contribution in [0, 0.1) is 40.9 Å². The third-order valence-corrected chi connectivity index (χ3v) is 12.2. The molecule has 0 radical (unpaired) electrons. The minimum Gasteiger partial charge on any atom is -0.338 e. The molecule has 2 N–H and O–H groups in total. The fraction of sp³-hybridized carbons (Fsp3) is 0.944. The fourth-order valence-electron chi connectivity index (χ4n) is 11.3. The average molecular weight is 555 g/mol. The Hall–Kier alpha value is -1.06. The van der Waals surface area contributed by atoms with Crippen molar-refractivity contribution in [2.24, 2.45) is 40.9 Å². The molecule has 0 atom stereocenters. The number of carbonyl (C=O) groups is 2. The second kappa shape index (κ2) is 14.4. The molecule has 8 aliphatic carbocycles. The molecule has 2 amide bonds. The normalized spacial score (nSPS) is 38.1. The average Bonchev–Trinajstić information content (AvgIpc) is 2.88. The van der Waals surface area contributed by atoms with Crippen molar-refractivity contribution >= 4 is 12.3 Å². The first-order chi connectivity index (χ1) is 19.5. The van der Waals surface area contributed by atoms with Gasteiger partial charge in [-0.2, -0.15) is 0 Å². The van der Waals surface area contributed by atoms with Crippen molar-refractivity contribution in [2.45, 2.75) is 167 Å². The lowest BCUT2D eigenvalue weighted by molar-refractivity contribution is -0.107. The topological polar surface area (TPSA) is 58.2 Å². The number of hydrogen-bond acceptors (Lipinski definition) is 2. The molecule has 4 nitrogen and oxygen atoms in total. The molecule has 0 aromatic carbocycles. The van der Waals surface area contributed by atoms with Gasteiger partial charge in [0, 0.05) is 18.5 Å². The number of aldehydes is 1. The maximum Gasteiger partial charge on any atom is 0.315 e. The molecule has 0 aromatic heterocycles. The maximum atomic E-state index is 12.5. The third kappa shape index (κ3) is 8.27. The molecular weight excluding hydrogens is 492 g/mol. The molecule has 8 saturated carbocycles. The SMILES string of the molecule is CCCC=O.O=C(NCCCCCCCCCCCC12CC3CC(CC(C3)C1)C2)NC12CC3CC(CC(C3)C1)C2. The molecule has 0 spiro atoms. The Balaban J connectivity index is 0.000000595. The van der Waals surface area contributed by atoms with Crippen molar-refractivity contribution in [3.63, 3.8) is 0 Å². The molecular formula is C36H62N2O2. The van der Waals surface area contributed by atoms with E-state index in [0.29, 0.717) is 6.42 Å². The van der Waals surface area contributed by atoms with Crippen molar-refractivity contribution < 1.29 is 9.59 Å². The van der Waals surface area contributed by atoms with Crippen LogP contribution < -0.4 is 10.6 Å². The van der Waals surface area contributed by atoms with Crippen molar-refractivity contribution in [1.29, 1.82) is 0 Å². The highest BCUT2D eigenvalue weighted by atomic mass is 16.2. The summed E-state index contributed by atoms with van der Waals surface area (Å²) < 4.78 is 0. The van der Waals surface area contributed by atoms with Gasteiger partial charge in [-0.15, -0.1) is 0 Å². The summed E-state index contributed by atoms with van der Waals surface area (Å²) in [6.45, 7) is 2.83. The van der Waals surface area contributed by atoms with Crippen LogP contribution in [0.4, 0.5) is 4.79 Å². The summed E-state index contributed by atoms with van der Waals surface area (Å²) in [6.07, 6.45) is 34.2. The minimum absolute atomic E-state index is 0.112. The largest absolute Gasteiger partial charge is 0.338 e. The smallest absolute Gasteiger partial charge is 0.315 e. The van der Waals surface area contributed by atoms with E-state index in [1.165, 1.54) is 89.9 Å². The monoisotopic (exact) mass is 554 g/mol. The Morgan fingerprint density at radius 1 is 0.650 bits per heavy atom. The van der Waals surface area contributed by atoms with Crippen molar-refractivity contribution in [3.8, 4) is 0 Å². The summed E-state index contributed by atoms with van der Waals surface area (Å²) in [7, 11) is 0. The summed E-state index contributed by atoms with van der Waals surface area (Å²) in [4.78, 5) is 21.9. The Bertz CT molecular complexity index is 736. The van der Waals surface area contributed by atoms with Crippen molar-refractivity contribution in [2.75, 3.05) is 6.54 Å². The molecule has 8 bridgehead atoms. The number of rotatable bonds is 15. The highest BCUT2D eigenvalue weighted by Gasteiger charge is 2.52. The zero-order valence-corrected chi connectivity index (χ0v) is 26.0. The quantitative estimate of drug-likeness (QED) is 0.156. The zero-order valence-electron chi connectivity index (χ0n) is 26.0. The second-order valence-electron chi connectivity index (χ2n) is 15.9. The number of hydrogen-bond donors (Lipinski definition) is 2. The van der Waals surface area contributed by atoms with Gasteiger partial charge in [-0.25, -0.2) is 4.79 Å². The van der Waals surface area contributed by atoms with E-state index in [1.807, 2.05) is 6.92 Å². The molecule has 8 fully saturated rings. The molecule has 40 heavy (non-hydrogen) atoms. The molecule has 0 saturated heterocycles.